The minimum Gasteiger partial charge on any atom is -0.398 e. The Balaban J connectivity index is 2.48. The monoisotopic (exact) mass is 231 g/mol. The highest BCUT2D eigenvalue weighted by atomic mass is 16.5. The maximum Gasteiger partial charge on any atom is 0.258 e. The zero-order chi connectivity index (χ0) is 12.6. The first-order chi connectivity index (χ1) is 7.89. The lowest BCUT2D eigenvalue weighted by molar-refractivity contribution is 0.402. The third kappa shape index (κ3) is 2.16. The topological polar surface area (TPSA) is 64.9 Å². The Kier molecular flexibility index (Phi) is 2.65. The van der Waals surface area contributed by atoms with Gasteiger partial charge in [0.2, 0.25) is 0 Å². The molecule has 1 heterocycles. The first-order valence-corrected chi connectivity index (χ1v) is 5.59. The van der Waals surface area contributed by atoms with Crippen molar-refractivity contribution in [2.45, 2.75) is 33.1 Å². The summed E-state index contributed by atoms with van der Waals surface area (Å²) in [4.78, 5) is 4.42. The highest BCUT2D eigenvalue weighted by Crippen LogP contribution is 2.27. The predicted molar refractivity (Wildman–Crippen MR) is 67.6 cm³/mol. The normalized spacial score (nSPS) is 11.8. The Hall–Kier alpha value is -1.84. The van der Waals surface area contributed by atoms with Crippen molar-refractivity contribution in [3.63, 3.8) is 0 Å². The molecule has 2 rings (SSSR count). The summed E-state index contributed by atoms with van der Waals surface area (Å²) in [5, 5.41) is 4.01. The van der Waals surface area contributed by atoms with Gasteiger partial charge in [-0.05, 0) is 24.6 Å². The molecule has 1 aromatic heterocycles. The highest BCUT2D eigenvalue weighted by molar-refractivity contribution is 5.66. The number of anilines is 1. The van der Waals surface area contributed by atoms with Gasteiger partial charge in [0.25, 0.3) is 5.89 Å². The zero-order valence-electron chi connectivity index (χ0n) is 10.6. The van der Waals surface area contributed by atoms with Crippen LogP contribution in [0.15, 0.2) is 22.7 Å². The van der Waals surface area contributed by atoms with E-state index in [0.717, 1.165) is 16.8 Å². The van der Waals surface area contributed by atoms with Gasteiger partial charge in [-0.3, -0.25) is 0 Å². The summed E-state index contributed by atoms with van der Waals surface area (Å²) in [5.74, 6) is 1.23. The number of benzene rings is 1. The zero-order valence-corrected chi connectivity index (χ0v) is 10.6. The van der Waals surface area contributed by atoms with Crippen molar-refractivity contribution in [2.24, 2.45) is 0 Å². The number of nitrogens with two attached hydrogens (primary N) is 1. The van der Waals surface area contributed by atoms with Gasteiger partial charge in [0, 0.05) is 16.7 Å². The molecule has 0 saturated heterocycles. The van der Waals surface area contributed by atoms with Crippen molar-refractivity contribution < 1.29 is 4.52 Å². The molecule has 0 saturated carbocycles. The van der Waals surface area contributed by atoms with E-state index < -0.39 is 0 Å². The average Bonchev–Trinajstić information content (AvgIpc) is 2.70. The Bertz CT molecular complexity index is 538. The van der Waals surface area contributed by atoms with E-state index in [4.69, 9.17) is 10.3 Å². The minimum absolute atomic E-state index is 0.115. The maximum absolute atomic E-state index is 5.86. The molecule has 0 bridgehead atoms. The lowest BCUT2D eigenvalue weighted by Gasteiger charge is -2.11. The van der Waals surface area contributed by atoms with Crippen LogP contribution in [0.4, 0.5) is 5.69 Å². The lowest BCUT2D eigenvalue weighted by Crippen LogP contribution is -2.13. The summed E-state index contributed by atoms with van der Waals surface area (Å²) in [6.45, 7) is 8.10. The van der Waals surface area contributed by atoms with Crippen LogP contribution in [0.3, 0.4) is 0 Å². The summed E-state index contributed by atoms with van der Waals surface area (Å²) in [5.41, 5.74) is 8.35. The average molecular weight is 231 g/mol. The summed E-state index contributed by atoms with van der Waals surface area (Å²) in [6, 6.07) is 5.68. The standard InChI is InChI=1S/C13H17N3O/c1-8-9(6-5-7-10(8)14)11-15-12(16-17-11)13(2,3)4/h5-7H,14H2,1-4H3. The number of nitrogen functional groups attached to an aromatic ring is 1. The lowest BCUT2D eigenvalue weighted by atomic mass is 9.96. The van der Waals surface area contributed by atoms with Crippen molar-refractivity contribution >= 4 is 5.69 Å². The molecule has 0 amide bonds. The number of aromatic nitrogens is 2. The molecular weight excluding hydrogens is 214 g/mol. The molecule has 1 aromatic carbocycles. The van der Waals surface area contributed by atoms with Crippen molar-refractivity contribution in [2.75, 3.05) is 5.73 Å². The molecule has 0 fully saturated rings. The van der Waals surface area contributed by atoms with E-state index in [1.54, 1.807) is 0 Å². The van der Waals surface area contributed by atoms with Crippen LogP contribution >= 0.6 is 0 Å². The highest BCUT2D eigenvalue weighted by Gasteiger charge is 2.22. The third-order valence-corrected chi connectivity index (χ3v) is 2.70. The van der Waals surface area contributed by atoms with E-state index in [2.05, 4.69) is 10.1 Å². The second kappa shape index (κ2) is 3.87. The third-order valence-electron chi connectivity index (χ3n) is 2.70. The van der Waals surface area contributed by atoms with Crippen LogP contribution in [0.2, 0.25) is 0 Å². The Morgan fingerprint density at radius 1 is 1.24 bits per heavy atom. The van der Waals surface area contributed by atoms with Crippen LogP contribution < -0.4 is 5.73 Å². The molecule has 4 nitrogen and oxygen atoms in total. The SMILES string of the molecule is Cc1c(N)cccc1-c1nc(C(C)(C)C)no1. The molecule has 4 heteroatoms. The second-order valence-corrected chi connectivity index (χ2v) is 5.19. The summed E-state index contributed by atoms with van der Waals surface area (Å²) in [6.07, 6.45) is 0. The number of nitrogens with zero attached hydrogens (tertiary/aromatic N) is 2. The van der Waals surface area contributed by atoms with Gasteiger partial charge in [-0.25, -0.2) is 0 Å². The van der Waals surface area contributed by atoms with E-state index in [0.29, 0.717) is 11.7 Å². The molecule has 0 atom stereocenters. The molecule has 17 heavy (non-hydrogen) atoms. The predicted octanol–water partition coefficient (Wildman–Crippen LogP) is 2.92. The molecule has 2 aromatic rings. The Labute approximate surface area is 101 Å². The van der Waals surface area contributed by atoms with Crippen LogP contribution in [0.1, 0.15) is 32.2 Å². The Morgan fingerprint density at radius 2 is 1.94 bits per heavy atom. The van der Waals surface area contributed by atoms with Crippen molar-refractivity contribution in [3.05, 3.63) is 29.6 Å². The summed E-state index contributed by atoms with van der Waals surface area (Å²) >= 11 is 0. The van der Waals surface area contributed by atoms with Gasteiger partial charge in [-0.15, -0.1) is 0 Å². The van der Waals surface area contributed by atoms with Crippen molar-refractivity contribution in [1.82, 2.24) is 10.1 Å². The molecule has 0 spiro atoms. The summed E-state index contributed by atoms with van der Waals surface area (Å²) in [7, 11) is 0. The van der Waals surface area contributed by atoms with Gasteiger partial charge in [0.1, 0.15) is 0 Å². The fourth-order valence-corrected chi connectivity index (χ4v) is 1.52. The van der Waals surface area contributed by atoms with Crippen LogP contribution in [0, 0.1) is 6.92 Å². The minimum atomic E-state index is -0.115. The van der Waals surface area contributed by atoms with Crippen LogP contribution in [-0.2, 0) is 5.41 Å². The molecule has 0 aliphatic carbocycles. The van der Waals surface area contributed by atoms with Crippen LogP contribution in [0.5, 0.6) is 0 Å². The molecule has 0 radical (unpaired) electrons. The van der Waals surface area contributed by atoms with Crippen molar-refractivity contribution in [3.8, 4) is 11.5 Å². The molecule has 2 N–H and O–H groups in total. The number of hydrogen-bond donors (Lipinski definition) is 1. The van der Waals surface area contributed by atoms with Gasteiger partial charge < -0.3 is 10.3 Å². The van der Waals surface area contributed by atoms with E-state index in [1.165, 1.54) is 0 Å². The van der Waals surface area contributed by atoms with Crippen LogP contribution in [-0.4, -0.2) is 10.1 Å². The fraction of sp³-hybridized carbons (Fsp3) is 0.385. The Morgan fingerprint density at radius 3 is 2.53 bits per heavy atom. The van der Waals surface area contributed by atoms with Gasteiger partial charge >= 0.3 is 0 Å². The van der Waals surface area contributed by atoms with Gasteiger partial charge in [0.15, 0.2) is 5.82 Å². The van der Waals surface area contributed by atoms with Gasteiger partial charge in [-0.1, -0.05) is 32.0 Å². The number of hydrogen-bond acceptors (Lipinski definition) is 4. The molecule has 0 aliphatic heterocycles. The molecule has 0 aliphatic rings. The smallest absolute Gasteiger partial charge is 0.258 e. The maximum atomic E-state index is 5.86. The van der Waals surface area contributed by atoms with Crippen molar-refractivity contribution in [1.29, 1.82) is 0 Å². The fourth-order valence-electron chi connectivity index (χ4n) is 1.52. The first-order valence-electron chi connectivity index (χ1n) is 5.59. The van der Waals surface area contributed by atoms with Gasteiger partial charge in [-0.2, -0.15) is 4.98 Å². The quantitative estimate of drug-likeness (QED) is 0.766. The van der Waals surface area contributed by atoms with E-state index >= 15 is 0 Å². The number of rotatable bonds is 1. The van der Waals surface area contributed by atoms with E-state index in [-0.39, 0.29) is 5.41 Å². The summed E-state index contributed by atoms with van der Waals surface area (Å²) < 4.78 is 5.30. The van der Waals surface area contributed by atoms with Crippen LogP contribution in [0.25, 0.3) is 11.5 Å². The van der Waals surface area contributed by atoms with E-state index in [9.17, 15) is 0 Å². The second-order valence-electron chi connectivity index (χ2n) is 5.19. The van der Waals surface area contributed by atoms with Gasteiger partial charge in [0.05, 0.1) is 0 Å². The molecule has 90 valence electrons. The first kappa shape index (κ1) is 11.6. The molecule has 0 unspecified atom stereocenters. The van der Waals surface area contributed by atoms with E-state index in [1.807, 2.05) is 45.9 Å². The molecular formula is C13H17N3O. The largest absolute Gasteiger partial charge is 0.398 e.